The molecule has 0 atom stereocenters. The molecule has 2 aromatic rings. The number of hydrogen-bond donors (Lipinski definition) is 1. The topological polar surface area (TPSA) is 59.7 Å². The molecule has 0 aliphatic heterocycles. The number of aliphatic hydroxyl groups is 1. The molecule has 1 heterocycles. The van der Waals surface area contributed by atoms with E-state index in [1.165, 1.54) is 38.4 Å². The van der Waals surface area contributed by atoms with Crippen molar-refractivity contribution in [1.82, 2.24) is 0 Å². The first-order valence-corrected chi connectivity index (χ1v) is 9.06. The third kappa shape index (κ3) is 3.99. The van der Waals surface area contributed by atoms with Crippen LogP contribution in [0.3, 0.4) is 0 Å². The van der Waals surface area contributed by atoms with E-state index in [1.54, 1.807) is 0 Å². The normalized spacial score (nSPS) is 15.7. The van der Waals surface area contributed by atoms with Gasteiger partial charge in [0.15, 0.2) is 0 Å². The molecule has 1 aliphatic carbocycles. The van der Waals surface area contributed by atoms with Crippen LogP contribution in [0.2, 0.25) is 0 Å². The van der Waals surface area contributed by atoms with E-state index in [2.05, 4.69) is 0 Å². The van der Waals surface area contributed by atoms with Gasteiger partial charge in [0, 0.05) is 6.61 Å². The fourth-order valence-corrected chi connectivity index (χ4v) is 3.59. The van der Waals surface area contributed by atoms with Gasteiger partial charge in [-0.1, -0.05) is 44.2 Å². The van der Waals surface area contributed by atoms with Crippen LogP contribution in [0.15, 0.2) is 33.7 Å². The highest BCUT2D eigenvalue weighted by molar-refractivity contribution is 5.81. The lowest BCUT2D eigenvalue weighted by atomic mass is 9.84. The number of benzene rings is 1. The van der Waals surface area contributed by atoms with Gasteiger partial charge in [0.25, 0.3) is 0 Å². The highest BCUT2D eigenvalue weighted by atomic mass is 16.5. The van der Waals surface area contributed by atoms with Crippen molar-refractivity contribution in [2.75, 3.05) is 13.2 Å². The SMILES string of the molecule is O=c1c(OCCCCO)coc2cccc(CC3CCCCC3)c12. The van der Waals surface area contributed by atoms with Gasteiger partial charge < -0.3 is 14.3 Å². The minimum atomic E-state index is -0.0772. The van der Waals surface area contributed by atoms with Gasteiger partial charge in [-0.05, 0) is 36.8 Å². The summed E-state index contributed by atoms with van der Waals surface area (Å²) in [5.74, 6) is 0.939. The lowest BCUT2D eigenvalue weighted by Gasteiger charge is -2.22. The summed E-state index contributed by atoms with van der Waals surface area (Å²) in [6.07, 6.45) is 10.2. The monoisotopic (exact) mass is 330 g/mol. The predicted octanol–water partition coefficient (Wildman–Crippen LogP) is 4.07. The van der Waals surface area contributed by atoms with Crippen molar-refractivity contribution in [3.05, 3.63) is 40.2 Å². The number of fused-ring (bicyclic) bond motifs is 1. The second kappa shape index (κ2) is 8.34. The van der Waals surface area contributed by atoms with E-state index in [9.17, 15) is 4.79 Å². The first-order chi connectivity index (χ1) is 11.8. The van der Waals surface area contributed by atoms with Crippen molar-refractivity contribution in [2.24, 2.45) is 5.92 Å². The number of rotatable bonds is 7. The average Bonchev–Trinajstić information content (AvgIpc) is 2.61. The van der Waals surface area contributed by atoms with Gasteiger partial charge in [0.05, 0.1) is 12.0 Å². The summed E-state index contributed by atoms with van der Waals surface area (Å²) >= 11 is 0. The molecule has 0 bridgehead atoms. The largest absolute Gasteiger partial charge is 0.487 e. The Bertz CT molecular complexity index is 713. The molecule has 1 aromatic heterocycles. The smallest absolute Gasteiger partial charge is 0.234 e. The van der Waals surface area contributed by atoms with E-state index < -0.39 is 0 Å². The van der Waals surface area contributed by atoms with Crippen LogP contribution in [-0.4, -0.2) is 18.3 Å². The molecule has 0 amide bonds. The number of aliphatic hydroxyl groups excluding tert-OH is 1. The second-order valence-corrected chi connectivity index (χ2v) is 6.71. The van der Waals surface area contributed by atoms with Gasteiger partial charge in [-0.3, -0.25) is 4.79 Å². The molecule has 1 aliphatic rings. The van der Waals surface area contributed by atoms with Crippen molar-refractivity contribution in [3.63, 3.8) is 0 Å². The lowest BCUT2D eigenvalue weighted by molar-refractivity contribution is 0.250. The molecule has 1 saturated carbocycles. The van der Waals surface area contributed by atoms with Gasteiger partial charge in [0.2, 0.25) is 11.2 Å². The Balaban J connectivity index is 1.84. The van der Waals surface area contributed by atoms with Gasteiger partial charge in [-0.15, -0.1) is 0 Å². The molecular formula is C20H26O4. The summed E-state index contributed by atoms with van der Waals surface area (Å²) in [4.78, 5) is 12.8. The lowest BCUT2D eigenvalue weighted by Crippen LogP contribution is -2.14. The zero-order chi connectivity index (χ0) is 16.8. The van der Waals surface area contributed by atoms with E-state index >= 15 is 0 Å². The molecular weight excluding hydrogens is 304 g/mol. The van der Waals surface area contributed by atoms with Crippen molar-refractivity contribution in [3.8, 4) is 5.75 Å². The molecule has 0 unspecified atom stereocenters. The zero-order valence-corrected chi connectivity index (χ0v) is 14.1. The minimum Gasteiger partial charge on any atom is -0.487 e. The molecule has 0 spiro atoms. The Morgan fingerprint density at radius 1 is 1.17 bits per heavy atom. The van der Waals surface area contributed by atoms with E-state index in [-0.39, 0.29) is 17.8 Å². The Morgan fingerprint density at radius 3 is 2.79 bits per heavy atom. The van der Waals surface area contributed by atoms with E-state index in [0.717, 1.165) is 18.4 Å². The summed E-state index contributed by atoms with van der Waals surface area (Å²) in [7, 11) is 0. The van der Waals surface area contributed by atoms with Crippen molar-refractivity contribution in [2.45, 2.75) is 51.4 Å². The standard InChI is InChI=1S/C20H26O4/c21-11-4-5-12-23-18-14-24-17-10-6-9-16(19(17)20(18)22)13-15-7-2-1-3-8-15/h6,9-10,14-15,21H,1-5,7-8,11-13H2. The van der Waals surface area contributed by atoms with Crippen LogP contribution in [0.5, 0.6) is 5.75 Å². The van der Waals surface area contributed by atoms with Crippen LogP contribution in [0.1, 0.15) is 50.5 Å². The highest BCUT2D eigenvalue weighted by Crippen LogP contribution is 2.29. The Labute approximate surface area is 142 Å². The first kappa shape index (κ1) is 17.0. The van der Waals surface area contributed by atoms with Crippen molar-refractivity contribution in [1.29, 1.82) is 0 Å². The third-order valence-electron chi connectivity index (χ3n) is 4.90. The third-order valence-corrected chi connectivity index (χ3v) is 4.90. The van der Waals surface area contributed by atoms with Crippen LogP contribution in [-0.2, 0) is 6.42 Å². The molecule has 3 rings (SSSR count). The van der Waals surface area contributed by atoms with Crippen LogP contribution in [0.4, 0.5) is 0 Å². The Hall–Kier alpha value is -1.81. The number of hydrogen-bond acceptors (Lipinski definition) is 4. The van der Waals surface area contributed by atoms with Gasteiger partial charge >= 0.3 is 0 Å². The maximum atomic E-state index is 12.8. The first-order valence-electron chi connectivity index (χ1n) is 9.06. The van der Waals surface area contributed by atoms with E-state index in [0.29, 0.717) is 29.9 Å². The molecule has 1 aromatic carbocycles. The van der Waals surface area contributed by atoms with Crippen LogP contribution in [0.25, 0.3) is 11.0 Å². The summed E-state index contributed by atoms with van der Waals surface area (Å²) < 4.78 is 11.2. The average molecular weight is 330 g/mol. The Kier molecular flexibility index (Phi) is 5.91. The van der Waals surface area contributed by atoms with Crippen molar-refractivity contribution >= 4 is 11.0 Å². The van der Waals surface area contributed by atoms with E-state index in [4.69, 9.17) is 14.3 Å². The molecule has 4 nitrogen and oxygen atoms in total. The fourth-order valence-electron chi connectivity index (χ4n) is 3.59. The molecule has 0 saturated heterocycles. The van der Waals surface area contributed by atoms with Gasteiger partial charge in [-0.2, -0.15) is 0 Å². The minimum absolute atomic E-state index is 0.0772. The summed E-state index contributed by atoms with van der Waals surface area (Å²) in [5.41, 5.74) is 1.64. The quantitative estimate of drug-likeness (QED) is 0.778. The molecule has 4 heteroatoms. The molecule has 0 radical (unpaired) electrons. The maximum Gasteiger partial charge on any atom is 0.234 e. The Morgan fingerprint density at radius 2 is 2.00 bits per heavy atom. The molecule has 1 N–H and O–H groups in total. The number of unbranched alkanes of at least 4 members (excludes halogenated alkanes) is 1. The van der Waals surface area contributed by atoms with Crippen molar-refractivity contribution < 1.29 is 14.3 Å². The summed E-state index contributed by atoms with van der Waals surface area (Å²) in [6, 6.07) is 5.85. The zero-order valence-electron chi connectivity index (χ0n) is 14.1. The number of ether oxygens (including phenoxy) is 1. The second-order valence-electron chi connectivity index (χ2n) is 6.71. The highest BCUT2D eigenvalue weighted by Gasteiger charge is 2.18. The van der Waals surface area contributed by atoms with Crippen LogP contribution in [0, 0.1) is 5.92 Å². The van der Waals surface area contributed by atoms with Crippen LogP contribution >= 0.6 is 0 Å². The fraction of sp³-hybridized carbons (Fsp3) is 0.550. The predicted molar refractivity (Wildman–Crippen MR) is 94.6 cm³/mol. The molecule has 130 valence electrons. The van der Waals surface area contributed by atoms with Crippen LogP contribution < -0.4 is 10.2 Å². The molecule has 24 heavy (non-hydrogen) atoms. The maximum absolute atomic E-state index is 12.8. The van der Waals surface area contributed by atoms with E-state index in [1.807, 2.05) is 18.2 Å². The molecule has 1 fully saturated rings. The van der Waals surface area contributed by atoms with Gasteiger partial charge in [-0.25, -0.2) is 0 Å². The summed E-state index contributed by atoms with van der Waals surface area (Å²) in [5, 5.41) is 9.48. The van der Waals surface area contributed by atoms with Gasteiger partial charge in [0.1, 0.15) is 11.8 Å². The summed E-state index contributed by atoms with van der Waals surface area (Å²) in [6.45, 7) is 0.558.